The van der Waals surface area contributed by atoms with Gasteiger partial charge >= 0.3 is 0 Å². The van der Waals surface area contributed by atoms with Crippen molar-refractivity contribution in [1.82, 2.24) is 10.2 Å². The number of nitrogens with one attached hydrogen (secondary N) is 1. The van der Waals surface area contributed by atoms with E-state index in [1.54, 1.807) is 6.07 Å². The first-order valence-electron chi connectivity index (χ1n) is 4.68. The third-order valence-electron chi connectivity index (χ3n) is 2.19. The zero-order chi connectivity index (χ0) is 12.4. The molecule has 0 atom stereocenters. The molecule has 2 aromatic rings. The van der Waals surface area contributed by atoms with E-state index >= 15 is 0 Å². The van der Waals surface area contributed by atoms with Crippen molar-refractivity contribution in [2.75, 3.05) is 5.73 Å². The molecule has 1 heterocycles. The summed E-state index contributed by atoms with van der Waals surface area (Å²) in [7, 11) is 0. The highest BCUT2D eigenvalue weighted by Crippen LogP contribution is 2.21. The van der Waals surface area contributed by atoms with Crippen LogP contribution in [0.4, 0.5) is 11.4 Å². The van der Waals surface area contributed by atoms with Crippen molar-refractivity contribution in [1.29, 1.82) is 0 Å². The Bertz CT molecular complexity index is 635. The highest BCUT2D eigenvalue weighted by Gasteiger charge is 2.08. The first-order valence-corrected chi connectivity index (χ1v) is 4.68. The van der Waals surface area contributed by atoms with Crippen LogP contribution in [0.2, 0.25) is 0 Å². The zero-order valence-electron chi connectivity index (χ0n) is 8.58. The second-order valence-corrected chi connectivity index (χ2v) is 3.35. The van der Waals surface area contributed by atoms with Crippen molar-refractivity contribution in [2.24, 2.45) is 0 Å². The Kier molecular flexibility index (Phi) is 2.57. The van der Waals surface area contributed by atoms with Crippen molar-refractivity contribution >= 4 is 11.4 Å². The molecule has 86 valence electrons. The van der Waals surface area contributed by atoms with E-state index in [0.29, 0.717) is 11.3 Å². The first-order chi connectivity index (χ1) is 8.08. The lowest BCUT2D eigenvalue weighted by atomic mass is 10.1. The number of nitro benzene ring substituents is 1. The third kappa shape index (κ3) is 2.12. The van der Waals surface area contributed by atoms with Crippen molar-refractivity contribution < 1.29 is 4.92 Å². The van der Waals surface area contributed by atoms with Crippen LogP contribution in [0.5, 0.6) is 0 Å². The van der Waals surface area contributed by atoms with E-state index in [2.05, 4.69) is 10.2 Å². The number of aromatic nitrogens is 2. The molecule has 0 amide bonds. The fraction of sp³-hybridized carbons (Fsp3) is 0. The Balaban J connectivity index is 2.52. The summed E-state index contributed by atoms with van der Waals surface area (Å²) in [6.45, 7) is 0. The Morgan fingerprint density at radius 1 is 1.35 bits per heavy atom. The van der Waals surface area contributed by atoms with Gasteiger partial charge in [0.05, 0.1) is 10.6 Å². The van der Waals surface area contributed by atoms with Gasteiger partial charge in [-0.2, -0.15) is 5.10 Å². The van der Waals surface area contributed by atoms with E-state index in [1.165, 1.54) is 24.3 Å². The minimum atomic E-state index is -0.501. The molecular formula is C10H8N4O3. The summed E-state index contributed by atoms with van der Waals surface area (Å²) < 4.78 is 0. The van der Waals surface area contributed by atoms with Crippen LogP contribution >= 0.6 is 0 Å². The van der Waals surface area contributed by atoms with Gasteiger partial charge in [0, 0.05) is 17.7 Å². The molecule has 2 rings (SSSR count). The molecule has 0 saturated heterocycles. The number of nitrogens with two attached hydrogens (primary N) is 1. The van der Waals surface area contributed by atoms with Gasteiger partial charge in [-0.1, -0.05) is 12.1 Å². The molecule has 3 N–H and O–H groups in total. The number of nitro groups is 1. The monoisotopic (exact) mass is 232 g/mol. The molecule has 7 nitrogen and oxygen atoms in total. The van der Waals surface area contributed by atoms with Crippen molar-refractivity contribution in [3.8, 4) is 11.3 Å². The summed E-state index contributed by atoms with van der Waals surface area (Å²) in [4.78, 5) is 21.1. The lowest BCUT2D eigenvalue weighted by Crippen LogP contribution is -2.13. The number of benzene rings is 1. The summed E-state index contributed by atoms with van der Waals surface area (Å²) in [5.41, 5.74) is 5.82. The summed E-state index contributed by atoms with van der Waals surface area (Å²) in [6.07, 6.45) is 0. The fourth-order valence-corrected chi connectivity index (χ4v) is 1.35. The maximum atomic E-state index is 11.0. The SMILES string of the molecule is Nc1cc(-c2cccc([N+](=O)[O-])c2)n[nH]c1=O. The summed E-state index contributed by atoms with van der Waals surface area (Å²) in [5, 5.41) is 16.6. The third-order valence-corrected chi connectivity index (χ3v) is 2.19. The molecule has 0 spiro atoms. The number of hydrogen-bond acceptors (Lipinski definition) is 5. The highest BCUT2D eigenvalue weighted by atomic mass is 16.6. The van der Waals surface area contributed by atoms with Crippen LogP contribution in [0.3, 0.4) is 0 Å². The normalized spacial score (nSPS) is 10.1. The Morgan fingerprint density at radius 2 is 2.12 bits per heavy atom. The van der Waals surface area contributed by atoms with Crippen LogP contribution in [0.15, 0.2) is 35.1 Å². The average molecular weight is 232 g/mol. The van der Waals surface area contributed by atoms with Gasteiger partial charge in [-0.05, 0) is 6.07 Å². The van der Waals surface area contributed by atoms with Gasteiger partial charge in [0.1, 0.15) is 5.69 Å². The van der Waals surface area contributed by atoms with Crippen molar-refractivity contribution in [3.05, 3.63) is 50.8 Å². The summed E-state index contributed by atoms with van der Waals surface area (Å²) >= 11 is 0. The van der Waals surface area contributed by atoms with E-state index in [9.17, 15) is 14.9 Å². The molecule has 1 aromatic carbocycles. The topological polar surface area (TPSA) is 115 Å². The molecule has 0 radical (unpaired) electrons. The Morgan fingerprint density at radius 3 is 2.76 bits per heavy atom. The number of nitrogen functional groups attached to an aromatic ring is 1. The minimum Gasteiger partial charge on any atom is -0.394 e. The number of nitrogens with zero attached hydrogens (tertiary/aromatic N) is 2. The number of H-pyrrole nitrogens is 1. The maximum absolute atomic E-state index is 11.0. The minimum absolute atomic E-state index is 0.0153. The molecule has 0 bridgehead atoms. The van der Waals surface area contributed by atoms with Crippen LogP contribution in [-0.4, -0.2) is 15.1 Å². The van der Waals surface area contributed by atoms with Gasteiger partial charge in [0.15, 0.2) is 0 Å². The van der Waals surface area contributed by atoms with Gasteiger partial charge in [-0.15, -0.1) is 0 Å². The lowest BCUT2D eigenvalue weighted by Gasteiger charge is -2.00. The van der Waals surface area contributed by atoms with Gasteiger partial charge in [0.25, 0.3) is 11.2 Å². The smallest absolute Gasteiger partial charge is 0.287 e. The summed E-state index contributed by atoms with van der Waals surface area (Å²) in [5.74, 6) is 0. The quantitative estimate of drug-likeness (QED) is 0.590. The fourth-order valence-electron chi connectivity index (χ4n) is 1.35. The van der Waals surface area contributed by atoms with E-state index in [4.69, 9.17) is 5.73 Å². The largest absolute Gasteiger partial charge is 0.394 e. The van der Waals surface area contributed by atoms with Crippen molar-refractivity contribution in [2.45, 2.75) is 0 Å². The van der Waals surface area contributed by atoms with Gasteiger partial charge in [0.2, 0.25) is 0 Å². The number of anilines is 1. The standard InChI is InChI=1S/C10H8N4O3/c11-8-5-9(12-13-10(8)15)6-2-1-3-7(4-6)14(16)17/h1-5H,(H2,11,12)(H,13,15). The molecular weight excluding hydrogens is 224 g/mol. The van der Waals surface area contributed by atoms with Gasteiger partial charge in [-0.3, -0.25) is 14.9 Å². The van der Waals surface area contributed by atoms with Crippen LogP contribution in [0.25, 0.3) is 11.3 Å². The first kappa shape index (κ1) is 10.8. The zero-order valence-corrected chi connectivity index (χ0v) is 8.58. The van der Waals surface area contributed by atoms with Crippen LogP contribution < -0.4 is 11.3 Å². The number of rotatable bonds is 2. The molecule has 0 aliphatic rings. The maximum Gasteiger partial charge on any atom is 0.287 e. The van der Waals surface area contributed by atoms with E-state index < -0.39 is 10.5 Å². The van der Waals surface area contributed by atoms with Gasteiger partial charge in [-0.25, -0.2) is 5.10 Å². The van der Waals surface area contributed by atoms with Crippen molar-refractivity contribution in [3.63, 3.8) is 0 Å². The van der Waals surface area contributed by atoms with Crippen LogP contribution in [0, 0.1) is 10.1 Å². The van der Waals surface area contributed by atoms with E-state index in [-0.39, 0.29) is 11.4 Å². The molecule has 0 aliphatic carbocycles. The van der Waals surface area contributed by atoms with Crippen LogP contribution in [-0.2, 0) is 0 Å². The summed E-state index contributed by atoms with van der Waals surface area (Å²) in [6, 6.07) is 7.29. The Labute approximate surface area is 95.1 Å². The predicted molar refractivity (Wildman–Crippen MR) is 61.4 cm³/mol. The second kappa shape index (κ2) is 4.05. The molecule has 0 aliphatic heterocycles. The number of aromatic amines is 1. The number of hydrogen-bond donors (Lipinski definition) is 2. The lowest BCUT2D eigenvalue weighted by molar-refractivity contribution is -0.384. The predicted octanol–water partition coefficient (Wildman–Crippen LogP) is 0.927. The Hall–Kier alpha value is -2.70. The number of non-ortho nitro benzene ring substituents is 1. The highest BCUT2D eigenvalue weighted by molar-refractivity contribution is 5.64. The second-order valence-electron chi connectivity index (χ2n) is 3.35. The van der Waals surface area contributed by atoms with Gasteiger partial charge < -0.3 is 5.73 Å². The molecule has 0 fully saturated rings. The molecule has 1 aromatic heterocycles. The molecule has 17 heavy (non-hydrogen) atoms. The molecule has 0 saturated carbocycles. The van der Waals surface area contributed by atoms with E-state index in [0.717, 1.165) is 0 Å². The average Bonchev–Trinajstić information content (AvgIpc) is 2.33. The van der Waals surface area contributed by atoms with E-state index in [1.807, 2.05) is 0 Å². The molecule has 7 heteroatoms. The van der Waals surface area contributed by atoms with Crippen LogP contribution in [0.1, 0.15) is 0 Å². The molecule has 0 unspecified atom stereocenters.